The van der Waals surface area contributed by atoms with E-state index in [2.05, 4.69) is 15.0 Å². The summed E-state index contributed by atoms with van der Waals surface area (Å²) in [5.74, 6) is 0.459. The van der Waals surface area contributed by atoms with Crippen LogP contribution in [0.5, 0.6) is 6.01 Å². The highest BCUT2D eigenvalue weighted by molar-refractivity contribution is 6.28. The normalized spacial score (nSPS) is 10.6. The van der Waals surface area contributed by atoms with Crippen molar-refractivity contribution in [2.75, 3.05) is 51.5 Å². The van der Waals surface area contributed by atoms with Crippen molar-refractivity contribution in [3.8, 4) is 6.01 Å². The van der Waals surface area contributed by atoms with Crippen molar-refractivity contribution in [3.05, 3.63) is 5.28 Å². The molecule has 20 heavy (non-hydrogen) atoms. The zero-order valence-corrected chi connectivity index (χ0v) is 12.9. The van der Waals surface area contributed by atoms with Gasteiger partial charge in [0.05, 0.1) is 20.3 Å². The van der Waals surface area contributed by atoms with E-state index in [1.807, 2.05) is 18.7 Å². The molecule has 1 aromatic rings. The van der Waals surface area contributed by atoms with E-state index in [0.717, 1.165) is 0 Å². The molecular weight excluding hydrogens is 284 g/mol. The Balaban J connectivity index is 2.75. The van der Waals surface area contributed by atoms with Gasteiger partial charge in [0.15, 0.2) is 0 Å². The van der Waals surface area contributed by atoms with Gasteiger partial charge in [0.2, 0.25) is 11.2 Å². The quantitative estimate of drug-likeness (QED) is 0.605. The number of aromatic nitrogens is 3. The van der Waals surface area contributed by atoms with Crippen LogP contribution in [-0.4, -0.2) is 61.6 Å². The Morgan fingerprint density at radius 2 is 1.60 bits per heavy atom. The first-order chi connectivity index (χ1) is 9.71. The van der Waals surface area contributed by atoms with Crippen LogP contribution in [0.25, 0.3) is 0 Å². The highest BCUT2D eigenvalue weighted by Crippen LogP contribution is 2.14. The van der Waals surface area contributed by atoms with Crippen molar-refractivity contribution in [1.82, 2.24) is 15.0 Å². The van der Waals surface area contributed by atoms with E-state index in [1.54, 1.807) is 0 Å². The van der Waals surface area contributed by atoms with Crippen molar-refractivity contribution >= 4 is 17.5 Å². The molecule has 1 rings (SSSR count). The first-order valence-electron chi connectivity index (χ1n) is 6.57. The summed E-state index contributed by atoms with van der Waals surface area (Å²) in [6, 6.07) is 0.192. The lowest BCUT2D eigenvalue weighted by Gasteiger charge is -2.22. The maximum absolute atomic E-state index is 5.86. The molecular formula is C12H21ClN4O3. The SMILES string of the molecule is CCOCCN(CCOCC)c1nc(Cl)nc(OC)n1. The average molecular weight is 305 g/mol. The smallest absolute Gasteiger partial charge is 0.322 e. The number of hydrogen-bond donors (Lipinski definition) is 0. The van der Waals surface area contributed by atoms with Gasteiger partial charge in [0.1, 0.15) is 0 Å². The van der Waals surface area contributed by atoms with E-state index >= 15 is 0 Å². The standard InChI is InChI=1S/C12H21ClN4O3/c1-4-19-8-6-17(7-9-20-5-2)11-14-10(13)15-12(16-11)18-3/h4-9H2,1-3H3. The predicted octanol–water partition coefficient (Wildman–Crippen LogP) is 1.41. The Morgan fingerprint density at radius 3 is 2.10 bits per heavy atom. The van der Waals surface area contributed by atoms with Crippen molar-refractivity contribution in [3.63, 3.8) is 0 Å². The third-order valence-corrected chi connectivity index (χ3v) is 2.63. The van der Waals surface area contributed by atoms with Gasteiger partial charge >= 0.3 is 6.01 Å². The number of hydrogen-bond acceptors (Lipinski definition) is 7. The average Bonchev–Trinajstić information content (AvgIpc) is 2.45. The van der Waals surface area contributed by atoms with Gasteiger partial charge in [0, 0.05) is 26.3 Å². The van der Waals surface area contributed by atoms with Gasteiger partial charge in [-0.1, -0.05) is 0 Å². The molecule has 0 bridgehead atoms. The second-order valence-corrected chi connectivity index (χ2v) is 4.11. The van der Waals surface area contributed by atoms with Crippen LogP contribution in [-0.2, 0) is 9.47 Å². The Kier molecular flexibility index (Phi) is 8.17. The molecule has 0 saturated heterocycles. The molecule has 0 fully saturated rings. The zero-order valence-electron chi connectivity index (χ0n) is 12.1. The van der Waals surface area contributed by atoms with E-state index in [1.165, 1.54) is 7.11 Å². The molecule has 1 aromatic heterocycles. The van der Waals surface area contributed by atoms with Gasteiger partial charge in [-0.2, -0.15) is 15.0 Å². The maximum atomic E-state index is 5.86. The Labute approximate surface area is 124 Å². The third kappa shape index (κ3) is 5.85. The fraction of sp³-hybridized carbons (Fsp3) is 0.750. The monoisotopic (exact) mass is 304 g/mol. The number of rotatable bonds is 10. The van der Waals surface area contributed by atoms with Crippen LogP contribution in [0.3, 0.4) is 0 Å². The summed E-state index contributed by atoms with van der Waals surface area (Å²) >= 11 is 5.86. The largest absolute Gasteiger partial charge is 0.467 e. The fourth-order valence-corrected chi connectivity index (χ4v) is 1.65. The predicted molar refractivity (Wildman–Crippen MR) is 76.6 cm³/mol. The van der Waals surface area contributed by atoms with E-state index in [0.29, 0.717) is 45.5 Å². The fourth-order valence-electron chi connectivity index (χ4n) is 1.50. The van der Waals surface area contributed by atoms with Crippen LogP contribution in [0.4, 0.5) is 5.95 Å². The van der Waals surface area contributed by atoms with Crippen molar-refractivity contribution < 1.29 is 14.2 Å². The Hall–Kier alpha value is -1.18. The summed E-state index contributed by atoms with van der Waals surface area (Å²) in [5.41, 5.74) is 0. The van der Waals surface area contributed by atoms with Crippen LogP contribution in [0, 0.1) is 0 Å². The molecule has 0 atom stereocenters. The Morgan fingerprint density at radius 1 is 1.00 bits per heavy atom. The lowest BCUT2D eigenvalue weighted by molar-refractivity contribution is 0.141. The summed E-state index contributed by atoms with van der Waals surface area (Å²) in [5, 5.41) is 0.102. The van der Waals surface area contributed by atoms with E-state index < -0.39 is 0 Å². The molecule has 1 heterocycles. The number of nitrogens with zero attached hydrogens (tertiary/aromatic N) is 4. The molecule has 114 valence electrons. The summed E-state index contributed by atoms with van der Waals surface area (Å²) in [6.07, 6.45) is 0. The summed E-state index contributed by atoms with van der Waals surface area (Å²) in [4.78, 5) is 14.1. The van der Waals surface area contributed by atoms with Crippen LogP contribution in [0.1, 0.15) is 13.8 Å². The van der Waals surface area contributed by atoms with Gasteiger partial charge in [-0.25, -0.2) is 0 Å². The molecule has 0 aromatic carbocycles. The molecule has 0 unspecified atom stereocenters. The second-order valence-electron chi connectivity index (χ2n) is 3.77. The highest BCUT2D eigenvalue weighted by Gasteiger charge is 2.13. The molecule has 0 amide bonds. The van der Waals surface area contributed by atoms with Gasteiger partial charge < -0.3 is 19.1 Å². The molecule has 8 heteroatoms. The lowest BCUT2D eigenvalue weighted by atomic mass is 10.5. The third-order valence-electron chi connectivity index (χ3n) is 2.46. The van der Waals surface area contributed by atoms with Gasteiger partial charge in [-0.05, 0) is 25.4 Å². The minimum atomic E-state index is 0.102. The summed E-state index contributed by atoms with van der Waals surface area (Å²) in [6.45, 7) is 7.68. The molecule has 0 N–H and O–H groups in total. The second kappa shape index (κ2) is 9.68. The molecule has 0 spiro atoms. The molecule has 0 saturated carbocycles. The molecule has 0 aliphatic rings. The lowest BCUT2D eigenvalue weighted by Crippen LogP contribution is -2.32. The number of methoxy groups -OCH3 is 1. The minimum Gasteiger partial charge on any atom is -0.467 e. The minimum absolute atomic E-state index is 0.102. The zero-order chi connectivity index (χ0) is 14.8. The number of halogens is 1. The van der Waals surface area contributed by atoms with E-state index in [-0.39, 0.29) is 11.3 Å². The molecule has 0 aliphatic heterocycles. The van der Waals surface area contributed by atoms with Gasteiger partial charge in [-0.15, -0.1) is 0 Å². The van der Waals surface area contributed by atoms with Crippen LogP contribution < -0.4 is 9.64 Å². The van der Waals surface area contributed by atoms with E-state index in [9.17, 15) is 0 Å². The van der Waals surface area contributed by atoms with Crippen molar-refractivity contribution in [2.24, 2.45) is 0 Å². The van der Waals surface area contributed by atoms with Crippen LogP contribution in [0.2, 0.25) is 5.28 Å². The van der Waals surface area contributed by atoms with Crippen molar-refractivity contribution in [2.45, 2.75) is 13.8 Å². The van der Waals surface area contributed by atoms with Crippen LogP contribution in [0.15, 0.2) is 0 Å². The molecule has 0 aliphatic carbocycles. The van der Waals surface area contributed by atoms with Gasteiger partial charge in [-0.3, -0.25) is 0 Å². The topological polar surface area (TPSA) is 69.6 Å². The number of ether oxygens (including phenoxy) is 3. The van der Waals surface area contributed by atoms with E-state index in [4.69, 9.17) is 25.8 Å². The summed E-state index contributed by atoms with van der Waals surface area (Å²) in [7, 11) is 1.49. The molecule has 7 nitrogen and oxygen atoms in total. The van der Waals surface area contributed by atoms with Crippen molar-refractivity contribution in [1.29, 1.82) is 0 Å². The number of anilines is 1. The first-order valence-corrected chi connectivity index (χ1v) is 6.95. The first kappa shape index (κ1) is 16.9. The highest BCUT2D eigenvalue weighted by atomic mass is 35.5. The Bertz CT molecular complexity index is 385. The maximum Gasteiger partial charge on any atom is 0.322 e. The molecule has 0 radical (unpaired) electrons. The van der Waals surface area contributed by atoms with Crippen LogP contribution >= 0.6 is 11.6 Å². The van der Waals surface area contributed by atoms with Gasteiger partial charge in [0.25, 0.3) is 0 Å². The summed E-state index contributed by atoms with van der Waals surface area (Å²) < 4.78 is 15.7.